The topological polar surface area (TPSA) is 22.0 Å². The summed E-state index contributed by atoms with van der Waals surface area (Å²) in [6.07, 6.45) is 3.53. The van der Waals surface area contributed by atoms with Crippen LogP contribution in [-0.4, -0.2) is 10.9 Å². The molecule has 0 fully saturated rings. The van der Waals surface area contributed by atoms with Crippen LogP contribution in [0, 0.1) is 0 Å². The molecule has 2 rings (SSSR count). The van der Waals surface area contributed by atoms with E-state index in [1.165, 1.54) is 10.9 Å². The molecule has 0 saturated carbocycles. The van der Waals surface area contributed by atoms with Gasteiger partial charge in [-0.3, -0.25) is 0 Å². The van der Waals surface area contributed by atoms with Crippen LogP contribution in [-0.2, 0) is 17.8 Å². The zero-order valence-corrected chi connectivity index (χ0v) is 8.23. The van der Waals surface area contributed by atoms with Gasteiger partial charge in [-0.05, 0) is 36.1 Å². The second-order valence-corrected chi connectivity index (χ2v) is 3.37. The van der Waals surface area contributed by atoms with Crippen LogP contribution < -0.4 is 0 Å². The first-order chi connectivity index (χ1) is 6.85. The lowest BCUT2D eigenvalue weighted by molar-refractivity contribution is -0.107. The maximum Gasteiger partial charge on any atom is 0.124 e. The molecule has 72 valence electrons. The minimum Gasteiger partial charge on any atom is -0.348 e. The Labute approximate surface area is 83.2 Å². The lowest BCUT2D eigenvalue weighted by atomic mass is 10.1. The molecule has 0 saturated heterocycles. The fourth-order valence-electron chi connectivity index (χ4n) is 1.75. The fourth-order valence-corrected chi connectivity index (χ4v) is 1.75. The molecule has 0 atom stereocenters. The Kier molecular flexibility index (Phi) is 2.35. The zero-order chi connectivity index (χ0) is 9.97. The van der Waals surface area contributed by atoms with Crippen molar-refractivity contribution in [2.45, 2.75) is 19.9 Å². The van der Waals surface area contributed by atoms with Gasteiger partial charge in [0.05, 0.1) is 0 Å². The van der Waals surface area contributed by atoms with Gasteiger partial charge in [-0.2, -0.15) is 0 Å². The highest BCUT2D eigenvalue weighted by Gasteiger charge is 2.00. The molecule has 0 aliphatic rings. The van der Waals surface area contributed by atoms with E-state index in [0.717, 1.165) is 18.4 Å². The summed E-state index contributed by atoms with van der Waals surface area (Å²) >= 11 is 0. The number of benzene rings is 1. The highest BCUT2D eigenvalue weighted by atomic mass is 16.1. The van der Waals surface area contributed by atoms with E-state index < -0.39 is 0 Å². The minimum atomic E-state index is 0.507. The number of hydrogen-bond acceptors (Lipinski definition) is 1. The monoisotopic (exact) mass is 187 g/mol. The zero-order valence-electron chi connectivity index (χ0n) is 8.23. The molecule has 0 spiro atoms. The summed E-state index contributed by atoms with van der Waals surface area (Å²) in [5.41, 5.74) is 2.32. The van der Waals surface area contributed by atoms with E-state index in [2.05, 4.69) is 35.9 Å². The molecular formula is C12H13NO. The van der Waals surface area contributed by atoms with Crippen LogP contribution >= 0.6 is 0 Å². The minimum absolute atomic E-state index is 0.507. The van der Waals surface area contributed by atoms with E-state index in [1.54, 1.807) is 0 Å². The quantitative estimate of drug-likeness (QED) is 0.676. The predicted octanol–water partition coefficient (Wildman–Crippen LogP) is 2.40. The van der Waals surface area contributed by atoms with Crippen molar-refractivity contribution in [2.75, 3.05) is 0 Å². The number of fused-ring (bicyclic) bond motifs is 1. The second-order valence-electron chi connectivity index (χ2n) is 3.37. The normalized spacial score (nSPS) is 10.6. The van der Waals surface area contributed by atoms with Gasteiger partial charge in [0, 0.05) is 24.7 Å². The average molecular weight is 187 g/mol. The number of rotatable bonds is 3. The molecule has 1 aromatic carbocycles. The number of carbonyl (C=O) groups excluding carboxylic acids is 1. The first-order valence-corrected chi connectivity index (χ1v) is 4.86. The summed E-state index contributed by atoms with van der Waals surface area (Å²) in [4.78, 5) is 10.4. The Hall–Kier alpha value is -1.57. The third-order valence-corrected chi connectivity index (χ3v) is 2.50. The van der Waals surface area contributed by atoms with Gasteiger partial charge in [0.1, 0.15) is 6.29 Å². The molecule has 14 heavy (non-hydrogen) atoms. The van der Waals surface area contributed by atoms with E-state index in [9.17, 15) is 4.79 Å². The van der Waals surface area contributed by atoms with Crippen molar-refractivity contribution < 1.29 is 4.79 Å². The van der Waals surface area contributed by atoms with Crippen molar-refractivity contribution in [1.29, 1.82) is 0 Å². The van der Waals surface area contributed by atoms with Crippen LogP contribution in [0.25, 0.3) is 10.9 Å². The lowest BCUT2D eigenvalue weighted by Crippen LogP contribution is -1.91. The summed E-state index contributed by atoms with van der Waals surface area (Å²) in [6.45, 7) is 3.11. The van der Waals surface area contributed by atoms with Crippen molar-refractivity contribution >= 4 is 17.2 Å². The van der Waals surface area contributed by atoms with Crippen LogP contribution in [0.1, 0.15) is 12.5 Å². The summed E-state index contributed by atoms with van der Waals surface area (Å²) in [6, 6.07) is 8.27. The maximum absolute atomic E-state index is 10.4. The maximum atomic E-state index is 10.4. The van der Waals surface area contributed by atoms with Gasteiger partial charge >= 0.3 is 0 Å². The summed E-state index contributed by atoms with van der Waals surface area (Å²) in [7, 11) is 0. The van der Waals surface area contributed by atoms with Crippen molar-refractivity contribution in [2.24, 2.45) is 0 Å². The molecule has 0 amide bonds. The lowest BCUT2D eigenvalue weighted by Gasteiger charge is -2.01. The molecule has 2 nitrogen and oxygen atoms in total. The molecule has 2 heteroatoms. The third kappa shape index (κ3) is 1.43. The van der Waals surface area contributed by atoms with Crippen LogP contribution in [0.3, 0.4) is 0 Å². The SMILES string of the molecule is CCn1ccc2cc(CC=O)ccc21. The van der Waals surface area contributed by atoms with Crippen LogP contribution in [0.15, 0.2) is 30.5 Å². The Morgan fingerprint density at radius 1 is 1.36 bits per heavy atom. The highest BCUT2D eigenvalue weighted by molar-refractivity contribution is 5.81. The van der Waals surface area contributed by atoms with E-state index in [1.807, 2.05) is 6.07 Å². The molecule has 2 aromatic rings. The first kappa shape index (κ1) is 9.00. The van der Waals surface area contributed by atoms with Crippen LogP contribution in [0.5, 0.6) is 0 Å². The molecular weight excluding hydrogens is 174 g/mol. The Morgan fingerprint density at radius 3 is 2.93 bits per heavy atom. The largest absolute Gasteiger partial charge is 0.348 e. The first-order valence-electron chi connectivity index (χ1n) is 4.86. The molecule has 0 unspecified atom stereocenters. The van der Waals surface area contributed by atoms with Gasteiger partial charge in [0.25, 0.3) is 0 Å². The second kappa shape index (κ2) is 3.66. The van der Waals surface area contributed by atoms with E-state index in [4.69, 9.17) is 0 Å². The van der Waals surface area contributed by atoms with Crippen LogP contribution in [0.4, 0.5) is 0 Å². The van der Waals surface area contributed by atoms with Gasteiger partial charge in [-0.1, -0.05) is 6.07 Å². The molecule has 0 N–H and O–H groups in total. The fraction of sp³-hybridized carbons (Fsp3) is 0.250. The Morgan fingerprint density at radius 2 is 2.21 bits per heavy atom. The highest BCUT2D eigenvalue weighted by Crippen LogP contribution is 2.17. The predicted molar refractivity (Wildman–Crippen MR) is 57.4 cm³/mol. The Bertz CT molecular complexity index is 456. The van der Waals surface area contributed by atoms with Gasteiger partial charge in [-0.15, -0.1) is 0 Å². The van der Waals surface area contributed by atoms with E-state index in [0.29, 0.717) is 6.42 Å². The van der Waals surface area contributed by atoms with Gasteiger partial charge in [0.15, 0.2) is 0 Å². The van der Waals surface area contributed by atoms with Gasteiger partial charge in [-0.25, -0.2) is 0 Å². The number of hydrogen-bond donors (Lipinski definition) is 0. The van der Waals surface area contributed by atoms with Crippen molar-refractivity contribution in [3.8, 4) is 0 Å². The molecule has 0 aliphatic heterocycles. The van der Waals surface area contributed by atoms with Gasteiger partial charge < -0.3 is 9.36 Å². The molecule has 1 aromatic heterocycles. The number of nitrogens with zero attached hydrogens (tertiary/aromatic N) is 1. The van der Waals surface area contributed by atoms with Crippen molar-refractivity contribution in [3.63, 3.8) is 0 Å². The molecule has 0 aliphatic carbocycles. The van der Waals surface area contributed by atoms with Gasteiger partial charge in [0.2, 0.25) is 0 Å². The van der Waals surface area contributed by atoms with Crippen LogP contribution in [0.2, 0.25) is 0 Å². The molecule has 0 bridgehead atoms. The standard InChI is InChI=1S/C12H13NO/c1-2-13-7-5-11-9-10(6-8-14)3-4-12(11)13/h3-5,7-9H,2,6H2,1H3. The summed E-state index contributed by atoms with van der Waals surface area (Å²) in [5, 5.41) is 1.21. The van der Waals surface area contributed by atoms with Crippen molar-refractivity contribution in [1.82, 2.24) is 4.57 Å². The molecule has 1 heterocycles. The number of aryl methyl sites for hydroxylation is 1. The average Bonchev–Trinajstić information content (AvgIpc) is 2.60. The molecule has 0 radical (unpaired) electrons. The smallest absolute Gasteiger partial charge is 0.124 e. The summed E-state index contributed by atoms with van der Waals surface area (Å²) in [5.74, 6) is 0. The Balaban J connectivity index is 2.51. The third-order valence-electron chi connectivity index (χ3n) is 2.50. The number of aromatic nitrogens is 1. The van der Waals surface area contributed by atoms with E-state index in [-0.39, 0.29) is 0 Å². The van der Waals surface area contributed by atoms with Crippen molar-refractivity contribution in [3.05, 3.63) is 36.0 Å². The number of carbonyl (C=O) groups is 1. The number of aldehydes is 1. The van der Waals surface area contributed by atoms with E-state index >= 15 is 0 Å². The summed E-state index contributed by atoms with van der Waals surface area (Å²) < 4.78 is 2.19.